The average molecular weight is 241 g/mol. The standard InChI is InChI=1S/C13H11N3O2/c1-8-3-4-11-10(5-8)13(17)16(7-14-11)12-6-9(2)15-18-12/h3-7H,1-2H3. The molecule has 0 aliphatic carbocycles. The van der Waals surface area contributed by atoms with E-state index in [9.17, 15) is 4.79 Å². The minimum absolute atomic E-state index is 0.153. The van der Waals surface area contributed by atoms with Crippen molar-refractivity contribution in [3.8, 4) is 5.88 Å². The Balaban J connectivity index is 2.32. The van der Waals surface area contributed by atoms with Crippen molar-refractivity contribution in [3.05, 3.63) is 52.2 Å². The third-order valence-electron chi connectivity index (χ3n) is 2.77. The Morgan fingerprint density at radius 1 is 1.22 bits per heavy atom. The fourth-order valence-corrected chi connectivity index (χ4v) is 1.86. The number of hydrogen-bond donors (Lipinski definition) is 0. The van der Waals surface area contributed by atoms with Crippen molar-refractivity contribution in [2.45, 2.75) is 13.8 Å². The van der Waals surface area contributed by atoms with E-state index in [4.69, 9.17) is 4.52 Å². The summed E-state index contributed by atoms with van der Waals surface area (Å²) >= 11 is 0. The molecular formula is C13H11N3O2. The largest absolute Gasteiger partial charge is 0.338 e. The predicted octanol–water partition coefficient (Wildman–Crippen LogP) is 1.99. The van der Waals surface area contributed by atoms with Gasteiger partial charge in [-0.2, -0.15) is 0 Å². The van der Waals surface area contributed by atoms with Crippen LogP contribution in [0, 0.1) is 13.8 Å². The molecule has 0 radical (unpaired) electrons. The van der Waals surface area contributed by atoms with Crippen LogP contribution < -0.4 is 5.56 Å². The van der Waals surface area contributed by atoms with Gasteiger partial charge in [0.05, 0.1) is 16.6 Å². The molecule has 2 aromatic heterocycles. The number of aromatic nitrogens is 3. The van der Waals surface area contributed by atoms with Gasteiger partial charge in [-0.3, -0.25) is 4.79 Å². The molecule has 1 aromatic carbocycles. The third-order valence-corrected chi connectivity index (χ3v) is 2.77. The molecule has 0 spiro atoms. The minimum atomic E-state index is -0.153. The zero-order chi connectivity index (χ0) is 12.7. The van der Waals surface area contributed by atoms with E-state index in [1.165, 1.54) is 10.9 Å². The Morgan fingerprint density at radius 3 is 2.78 bits per heavy atom. The van der Waals surface area contributed by atoms with Crippen LogP contribution >= 0.6 is 0 Å². The zero-order valence-corrected chi connectivity index (χ0v) is 10.0. The van der Waals surface area contributed by atoms with Gasteiger partial charge in [-0.15, -0.1) is 0 Å². The summed E-state index contributed by atoms with van der Waals surface area (Å²) < 4.78 is 6.45. The van der Waals surface area contributed by atoms with E-state index in [-0.39, 0.29) is 5.56 Å². The van der Waals surface area contributed by atoms with Gasteiger partial charge in [-0.25, -0.2) is 9.55 Å². The number of nitrogens with zero attached hydrogens (tertiary/aromatic N) is 3. The molecule has 0 fully saturated rings. The first-order chi connectivity index (χ1) is 8.65. The molecule has 90 valence electrons. The fraction of sp³-hybridized carbons (Fsp3) is 0.154. The summed E-state index contributed by atoms with van der Waals surface area (Å²) in [4.78, 5) is 16.6. The van der Waals surface area contributed by atoms with Gasteiger partial charge in [0.15, 0.2) is 0 Å². The molecule has 5 heteroatoms. The minimum Gasteiger partial charge on any atom is -0.338 e. The van der Waals surface area contributed by atoms with Crippen molar-refractivity contribution in [2.75, 3.05) is 0 Å². The van der Waals surface area contributed by atoms with Crippen molar-refractivity contribution >= 4 is 10.9 Å². The van der Waals surface area contributed by atoms with Crippen LogP contribution in [0.25, 0.3) is 16.8 Å². The van der Waals surface area contributed by atoms with Crippen LogP contribution in [0.1, 0.15) is 11.3 Å². The lowest BCUT2D eigenvalue weighted by Gasteiger charge is -2.02. The fourth-order valence-electron chi connectivity index (χ4n) is 1.86. The van der Waals surface area contributed by atoms with E-state index >= 15 is 0 Å². The van der Waals surface area contributed by atoms with E-state index < -0.39 is 0 Å². The van der Waals surface area contributed by atoms with Crippen molar-refractivity contribution in [2.24, 2.45) is 0 Å². The normalized spacial score (nSPS) is 11.0. The second kappa shape index (κ2) is 3.80. The maximum Gasteiger partial charge on any atom is 0.268 e. The number of aryl methyl sites for hydroxylation is 2. The Bertz CT molecular complexity index is 786. The van der Waals surface area contributed by atoms with Crippen LogP contribution in [0.15, 0.2) is 39.9 Å². The predicted molar refractivity (Wildman–Crippen MR) is 66.9 cm³/mol. The summed E-state index contributed by atoms with van der Waals surface area (Å²) in [6.07, 6.45) is 1.46. The molecule has 0 unspecified atom stereocenters. The molecule has 3 rings (SSSR count). The van der Waals surface area contributed by atoms with E-state index in [1.807, 2.05) is 25.1 Å². The summed E-state index contributed by atoms with van der Waals surface area (Å²) in [5.41, 5.74) is 2.27. The third kappa shape index (κ3) is 1.60. The highest BCUT2D eigenvalue weighted by molar-refractivity contribution is 5.78. The second-order valence-electron chi connectivity index (χ2n) is 4.25. The smallest absolute Gasteiger partial charge is 0.268 e. The molecule has 0 aliphatic heterocycles. The van der Waals surface area contributed by atoms with Gasteiger partial charge in [-0.05, 0) is 26.0 Å². The van der Waals surface area contributed by atoms with Crippen LogP contribution in [0.3, 0.4) is 0 Å². The maximum atomic E-state index is 12.3. The van der Waals surface area contributed by atoms with Crippen LogP contribution in [-0.2, 0) is 0 Å². The highest BCUT2D eigenvalue weighted by Gasteiger charge is 2.09. The Morgan fingerprint density at radius 2 is 2.06 bits per heavy atom. The van der Waals surface area contributed by atoms with Crippen molar-refractivity contribution in [1.82, 2.24) is 14.7 Å². The number of hydrogen-bond acceptors (Lipinski definition) is 4. The molecule has 0 aliphatic rings. The molecule has 0 saturated carbocycles. The summed E-state index contributed by atoms with van der Waals surface area (Å²) in [5.74, 6) is 0.383. The van der Waals surface area contributed by atoms with E-state index in [0.29, 0.717) is 16.8 Å². The first-order valence-corrected chi connectivity index (χ1v) is 5.57. The lowest BCUT2D eigenvalue weighted by atomic mass is 10.2. The highest BCUT2D eigenvalue weighted by atomic mass is 16.5. The van der Waals surface area contributed by atoms with E-state index in [1.54, 1.807) is 13.0 Å². The van der Waals surface area contributed by atoms with Crippen LogP contribution in [0.4, 0.5) is 0 Å². The molecule has 0 N–H and O–H groups in total. The molecule has 0 saturated heterocycles. The molecular weight excluding hydrogens is 230 g/mol. The summed E-state index contributed by atoms with van der Waals surface area (Å²) in [6.45, 7) is 3.74. The number of rotatable bonds is 1. The van der Waals surface area contributed by atoms with Gasteiger partial charge in [0.2, 0.25) is 5.88 Å². The van der Waals surface area contributed by atoms with Gasteiger partial charge >= 0.3 is 0 Å². The van der Waals surface area contributed by atoms with Gasteiger partial charge in [-0.1, -0.05) is 16.8 Å². The molecule has 0 amide bonds. The first-order valence-electron chi connectivity index (χ1n) is 5.57. The van der Waals surface area contributed by atoms with Crippen LogP contribution in [0.2, 0.25) is 0 Å². The monoisotopic (exact) mass is 241 g/mol. The van der Waals surface area contributed by atoms with Gasteiger partial charge in [0.1, 0.15) is 6.33 Å². The number of fused-ring (bicyclic) bond motifs is 1. The highest BCUT2D eigenvalue weighted by Crippen LogP contribution is 2.12. The number of benzene rings is 1. The molecule has 18 heavy (non-hydrogen) atoms. The SMILES string of the molecule is Cc1ccc2ncn(-c3cc(C)no3)c(=O)c2c1. The molecule has 0 atom stereocenters. The molecule has 3 aromatic rings. The molecule has 5 nitrogen and oxygen atoms in total. The van der Waals surface area contributed by atoms with Crippen molar-refractivity contribution in [3.63, 3.8) is 0 Å². The Kier molecular flexibility index (Phi) is 2.26. The van der Waals surface area contributed by atoms with E-state index in [2.05, 4.69) is 10.1 Å². The Labute approximate surface area is 103 Å². The van der Waals surface area contributed by atoms with Gasteiger partial charge in [0, 0.05) is 6.07 Å². The maximum absolute atomic E-state index is 12.3. The van der Waals surface area contributed by atoms with Gasteiger partial charge < -0.3 is 4.52 Å². The average Bonchev–Trinajstić information content (AvgIpc) is 2.77. The van der Waals surface area contributed by atoms with Crippen LogP contribution in [-0.4, -0.2) is 14.7 Å². The Hall–Kier alpha value is -2.43. The molecule has 0 bridgehead atoms. The van der Waals surface area contributed by atoms with Crippen molar-refractivity contribution in [1.29, 1.82) is 0 Å². The quantitative estimate of drug-likeness (QED) is 0.653. The topological polar surface area (TPSA) is 60.9 Å². The van der Waals surface area contributed by atoms with Crippen molar-refractivity contribution < 1.29 is 4.52 Å². The summed E-state index contributed by atoms with van der Waals surface area (Å²) in [7, 11) is 0. The summed E-state index contributed by atoms with van der Waals surface area (Å²) in [6, 6.07) is 7.29. The zero-order valence-electron chi connectivity index (χ0n) is 10.0. The molecule has 2 heterocycles. The lowest BCUT2D eigenvalue weighted by Crippen LogP contribution is -2.18. The van der Waals surface area contributed by atoms with E-state index in [0.717, 1.165) is 11.3 Å². The first kappa shape index (κ1) is 10.7. The lowest BCUT2D eigenvalue weighted by molar-refractivity contribution is 0.399. The second-order valence-corrected chi connectivity index (χ2v) is 4.25. The summed E-state index contributed by atoms with van der Waals surface area (Å²) in [5, 5.41) is 4.34. The van der Waals surface area contributed by atoms with Gasteiger partial charge in [0.25, 0.3) is 5.56 Å². The van der Waals surface area contributed by atoms with Crippen LogP contribution in [0.5, 0.6) is 0 Å².